The number of nitrogens with zero attached hydrogens (tertiary/aromatic N) is 1. The first-order chi connectivity index (χ1) is 9.36. The van der Waals surface area contributed by atoms with Gasteiger partial charge in [0.1, 0.15) is 10.7 Å². The van der Waals surface area contributed by atoms with Crippen LogP contribution < -0.4 is 5.73 Å². The number of hydrogen-bond acceptors (Lipinski definition) is 5. The van der Waals surface area contributed by atoms with Crippen LogP contribution in [0.25, 0.3) is 0 Å². The summed E-state index contributed by atoms with van der Waals surface area (Å²) in [6.07, 6.45) is -0.587. The molecule has 1 saturated heterocycles. The zero-order valence-corrected chi connectivity index (χ0v) is 11.8. The van der Waals surface area contributed by atoms with Gasteiger partial charge in [-0.3, -0.25) is 0 Å². The van der Waals surface area contributed by atoms with Crippen LogP contribution >= 0.6 is 0 Å². The van der Waals surface area contributed by atoms with Crippen LogP contribution in [0.2, 0.25) is 0 Å². The van der Waals surface area contributed by atoms with E-state index in [1.54, 1.807) is 6.92 Å². The molecule has 2 rings (SSSR count). The van der Waals surface area contributed by atoms with Crippen LogP contribution in [-0.2, 0) is 14.8 Å². The first-order valence-corrected chi connectivity index (χ1v) is 7.59. The van der Waals surface area contributed by atoms with Crippen molar-refractivity contribution in [2.45, 2.75) is 24.0 Å². The second kappa shape index (κ2) is 5.65. The van der Waals surface area contributed by atoms with E-state index in [1.165, 1.54) is 10.4 Å². The molecule has 1 heterocycles. The highest BCUT2D eigenvalue weighted by atomic mass is 32.2. The Morgan fingerprint density at radius 1 is 1.55 bits per heavy atom. The van der Waals surface area contributed by atoms with Crippen molar-refractivity contribution in [3.8, 4) is 0 Å². The number of aliphatic hydroxyl groups is 1. The Morgan fingerprint density at radius 2 is 2.25 bits per heavy atom. The minimum atomic E-state index is -3.93. The number of aliphatic hydroxyl groups excluding tert-OH is 1. The van der Waals surface area contributed by atoms with E-state index in [-0.39, 0.29) is 30.3 Å². The van der Waals surface area contributed by atoms with Crippen molar-refractivity contribution in [2.24, 2.45) is 0 Å². The van der Waals surface area contributed by atoms with E-state index >= 15 is 0 Å². The number of sulfonamides is 1. The minimum absolute atomic E-state index is 0.00867. The van der Waals surface area contributed by atoms with E-state index in [2.05, 4.69) is 0 Å². The van der Waals surface area contributed by atoms with Crippen LogP contribution in [-0.4, -0.2) is 49.7 Å². The number of anilines is 1. The molecule has 1 fully saturated rings. The number of rotatable bonds is 3. The van der Waals surface area contributed by atoms with Gasteiger partial charge in [-0.15, -0.1) is 0 Å². The third-order valence-electron chi connectivity index (χ3n) is 3.21. The van der Waals surface area contributed by atoms with E-state index in [0.717, 1.165) is 12.1 Å². The maximum absolute atomic E-state index is 13.3. The molecule has 3 N–H and O–H groups in total. The summed E-state index contributed by atoms with van der Waals surface area (Å²) in [6.45, 7) is 1.58. The Bertz CT molecular complexity index is 593. The highest BCUT2D eigenvalue weighted by Crippen LogP contribution is 2.27. The molecule has 1 aromatic rings. The molecule has 112 valence electrons. The zero-order valence-electron chi connectivity index (χ0n) is 11.0. The number of ether oxygens (including phenoxy) is 1. The molecule has 0 aromatic heterocycles. The lowest BCUT2D eigenvalue weighted by molar-refractivity contribution is -0.0516. The fourth-order valence-electron chi connectivity index (χ4n) is 2.10. The molecule has 0 saturated carbocycles. The minimum Gasteiger partial charge on any atom is -0.398 e. The van der Waals surface area contributed by atoms with Gasteiger partial charge in [-0.05, 0) is 25.1 Å². The molecule has 0 aliphatic carbocycles. The maximum atomic E-state index is 13.3. The SMILES string of the molecule is CC1COC(CO)CN1S(=O)(=O)c1cc(F)ccc1N. The van der Waals surface area contributed by atoms with E-state index in [0.29, 0.717) is 0 Å². The summed E-state index contributed by atoms with van der Waals surface area (Å²) in [4.78, 5) is -0.261. The number of morpholine rings is 1. The van der Waals surface area contributed by atoms with E-state index < -0.39 is 28.0 Å². The number of nitrogen functional groups attached to an aromatic ring is 1. The molecule has 0 spiro atoms. The van der Waals surface area contributed by atoms with E-state index in [9.17, 15) is 12.8 Å². The van der Waals surface area contributed by atoms with Crippen molar-refractivity contribution < 1.29 is 22.7 Å². The summed E-state index contributed by atoms with van der Waals surface area (Å²) in [5.41, 5.74) is 5.63. The van der Waals surface area contributed by atoms with Gasteiger partial charge in [0.2, 0.25) is 10.0 Å². The van der Waals surface area contributed by atoms with Crippen molar-refractivity contribution in [2.75, 3.05) is 25.5 Å². The molecule has 1 aromatic carbocycles. The molecule has 6 nitrogen and oxygen atoms in total. The van der Waals surface area contributed by atoms with Crippen LogP contribution in [0, 0.1) is 5.82 Å². The number of benzene rings is 1. The zero-order chi connectivity index (χ0) is 14.9. The average Bonchev–Trinajstić information content (AvgIpc) is 2.41. The standard InChI is InChI=1S/C12H17FN2O4S/c1-8-7-19-10(6-16)5-15(8)20(17,18)12-4-9(13)2-3-11(12)14/h2-4,8,10,16H,5-7,14H2,1H3. The molecule has 2 unspecified atom stereocenters. The quantitative estimate of drug-likeness (QED) is 0.777. The Kier molecular flexibility index (Phi) is 4.28. The van der Waals surface area contributed by atoms with E-state index in [4.69, 9.17) is 15.6 Å². The second-order valence-corrected chi connectivity index (χ2v) is 6.60. The molecule has 8 heteroatoms. The number of nitrogens with two attached hydrogens (primary N) is 1. The van der Waals surface area contributed by atoms with Gasteiger partial charge < -0.3 is 15.6 Å². The van der Waals surface area contributed by atoms with Crippen molar-refractivity contribution in [3.63, 3.8) is 0 Å². The van der Waals surface area contributed by atoms with Crippen LogP contribution in [0.4, 0.5) is 10.1 Å². The van der Waals surface area contributed by atoms with Gasteiger partial charge in [0.05, 0.1) is 25.0 Å². The number of halogens is 1. The molecular weight excluding hydrogens is 287 g/mol. The second-order valence-electron chi connectivity index (χ2n) is 4.74. The Labute approximate surface area is 117 Å². The summed E-state index contributed by atoms with van der Waals surface area (Å²) < 4.78 is 44.9. The monoisotopic (exact) mass is 304 g/mol. The van der Waals surface area contributed by atoms with Crippen molar-refractivity contribution in [3.05, 3.63) is 24.0 Å². The van der Waals surface area contributed by atoms with Crippen LogP contribution in [0.3, 0.4) is 0 Å². The molecule has 0 bridgehead atoms. The predicted octanol–water partition coefficient (Wildman–Crippen LogP) is 0.178. The molecule has 0 radical (unpaired) electrons. The Balaban J connectivity index is 2.40. The van der Waals surface area contributed by atoms with Crippen LogP contribution in [0.1, 0.15) is 6.92 Å². The van der Waals surface area contributed by atoms with Gasteiger partial charge in [-0.1, -0.05) is 0 Å². The lowest BCUT2D eigenvalue weighted by Crippen LogP contribution is -2.51. The predicted molar refractivity (Wildman–Crippen MR) is 71.0 cm³/mol. The largest absolute Gasteiger partial charge is 0.398 e. The fraction of sp³-hybridized carbons (Fsp3) is 0.500. The van der Waals surface area contributed by atoms with Gasteiger partial charge in [-0.2, -0.15) is 4.31 Å². The van der Waals surface area contributed by atoms with Gasteiger partial charge in [0.25, 0.3) is 0 Å². The van der Waals surface area contributed by atoms with Crippen molar-refractivity contribution in [1.29, 1.82) is 0 Å². The molecular formula is C12H17FN2O4S. The molecule has 20 heavy (non-hydrogen) atoms. The molecule has 1 aliphatic rings. The van der Waals surface area contributed by atoms with Gasteiger partial charge >= 0.3 is 0 Å². The molecule has 2 atom stereocenters. The lowest BCUT2D eigenvalue weighted by Gasteiger charge is -2.36. The molecule has 1 aliphatic heterocycles. The Morgan fingerprint density at radius 3 is 2.90 bits per heavy atom. The summed E-state index contributed by atoms with van der Waals surface area (Å²) >= 11 is 0. The van der Waals surface area contributed by atoms with Crippen LogP contribution in [0.15, 0.2) is 23.1 Å². The summed E-state index contributed by atoms with van der Waals surface area (Å²) in [7, 11) is -3.93. The lowest BCUT2D eigenvalue weighted by atomic mass is 10.2. The average molecular weight is 304 g/mol. The summed E-state index contributed by atoms with van der Waals surface area (Å²) in [6, 6.07) is 2.82. The Hall–Kier alpha value is -1.22. The fourth-order valence-corrected chi connectivity index (χ4v) is 3.87. The number of hydrogen-bond donors (Lipinski definition) is 2. The van der Waals surface area contributed by atoms with Gasteiger partial charge in [-0.25, -0.2) is 12.8 Å². The van der Waals surface area contributed by atoms with Crippen molar-refractivity contribution >= 4 is 15.7 Å². The summed E-state index contributed by atoms with van der Waals surface area (Å²) in [5, 5.41) is 9.10. The third kappa shape index (κ3) is 2.78. The normalized spacial score (nSPS) is 24.8. The highest BCUT2D eigenvalue weighted by Gasteiger charge is 2.36. The van der Waals surface area contributed by atoms with E-state index in [1.807, 2.05) is 0 Å². The maximum Gasteiger partial charge on any atom is 0.245 e. The first-order valence-electron chi connectivity index (χ1n) is 6.15. The van der Waals surface area contributed by atoms with Gasteiger partial charge in [0.15, 0.2) is 0 Å². The summed E-state index contributed by atoms with van der Waals surface area (Å²) in [5.74, 6) is -0.669. The van der Waals surface area contributed by atoms with Crippen LogP contribution in [0.5, 0.6) is 0 Å². The first kappa shape index (κ1) is 15.2. The third-order valence-corrected chi connectivity index (χ3v) is 5.25. The van der Waals surface area contributed by atoms with Crippen molar-refractivity contribution in [1.82, 2.24) is 4.31 Å². The van der Waals surface area contributed by atoms with Gasteiger partial charge in [0, 0.05) is 12.6 Å². The topological polar surface area (TPSA) is 92.9 Å². The smallest absolute Gasteiger partial charge is 0.245 e. The highest BCUT2D eigenvalue weighted by molar-refractivity contribution is 7.89. The molecule has 0 amide bonds.